The van der Waals surface area contributed by atoms with Crippen LogP contribution in [-0.2, 0) is 0 Å². The van der Waals surface area contributed by atoms with Crippen LogP contribution in [0.4, 0.5) is 5.13 Å². The first-order chi connectivity index (χ1) is 12.7. The number of benzene rings is 1. The number of methoxy groups -OCH3 is 3. The van der Waals surface area contributed by atoms with Crippen molar-refractivity contribution in [2.75, 3.05) is 26.6 Å². The molecule has 0 aliphatic carbocycles. The van der Waals surface area contributed by atoms with Gasteiger partial charge < -0.3 is 14.2 Å². The third-order valence-electron chi connectivity index (χ3n) is 3.60. The highest BCUT2D eigenvalue weighted by atomic mass is 32.1. The molecule has 0 spiro atoms. The summed E-state index contributed by atoms with van der Waals surface area (Å²) in [6.45, 7) is 0. The Labute approximate surface area is 154 Å². The summed E-state index contributed by atoms with van der Waals surface area (Å²) in [4.78, 5) is 21.3. The Morgan fingerprint density at radius 1 is 1.00 bits per heavy atom. The number of hydrogen-bond acceptors (Lipinski definition) is 7. The third kappa shape index (κ3) is 3.60. The monoisotopic (exact) mass is 371 g/mol. The Bertz CT molecular complexity index is 912. The van der Waals surface area contributed by atoms with Crippen LogP contribution in [0, 0.1) is 0 Å². The number of carbonyl (C=O) groups is 1. The number of ether oxygens (including phenoxy) is 3. The van der Waals surface area contributed by atoms with E-state index in [-0.39, 0.29) is 5.91 Å². The summed E-state index contributed by atoms with van der Waals surface area (Å²) in [7, 11) is 4.51. The molecule has 3 rings (SSSR count). The van der Waals surface area contributed by atoms with E-state index < -0.39 is 0 Å². The summed E-state index contributed by atoms with van der Waals surface area (Å²) >= 11 is 1.32. The summed E-state index contributed by atoms with van der Waals surface area (Å²) < 4.78 is 15.8. The van der Waals surface area contributed by atoms with Crippen LogP contribution in [0.15, 0.2) is 41.9 Å². The van der Waals surface area contributed by atoms with Gasteiger partial charge in [0.2, 0.25) is 0 Å². The zero-order valence-electron chi connectivity index (χ0n) is 14.5. The first kappa shape index (κ1) is 17.7. The van der Waals surface area contributed by atoms with Crippen molar-refractivity contribution in [2.24, 2.45) is 0 Å². The van der Waals surface area contributed by atoms with Crippen molar-refractivity contribution in [1.82, 2.24) is 9.97 Å². The molecule has 0 saturated heterocycles. The number of amides is 1. The number of thiazole rings is 1. The Morgan fingerprint density at radius 2 is 1.73 bits per heavy atom. The Morgan fingerprint density at radius 3 is 2.38 bits per heavy atom. The number of rotatable bonds is 6. The normalized spacial score (nSPS) is 10.3. The highest BCUT2D eigenvalue weighted by Crippen LogP contribution is 2.35. The molecule has 26 heavy (non-hydrogen) atoms. The minimum Gasteiger partial charge on any atom is -0.496 e. The smallest absolute Gasteiger partial charge is 0.261 e. The quantitative estimate of drug-likeness (QED) is 0.714. The van der Waals surface area contributed by atoms with E-state index in [1.165, 1.54) is 32.7 Å². The number of nitrogens with zero attached hydrogens (tertiary/aromatic N) is 2. The van der Waals surface area contributed by atoms with Crippen LogP contribution >= 0.6 is 11.3 Å². The second-order valence-electron chi connectivity index (χ2n) is 5.11. The largest absolute Gasteiger partial charge is 0.496 e. The van der Waals surface area contributed by atoms with Gasteiger partial charge in [0, 0.05) is 23.7 Å². The van der Waals surface area contributed by atoms with Crippen molar-refractivity contribution in [1.29, 1.82) is 0 Å². The molecule has 0 fully saturated rings. The van der Waals surface area contributed by atoms with Crippen LogP contribution in [0.25, 0.3) is 11.4 Å². The molecular weight excluding hydrogens is 354 g/mol. The number of anilines is 1. The lowest BCUT2D eigenvalue weighted by Crippen LogP contribution is -2.13. The van der Waals surface area contributed by atoms with Gasteiger partial charge in [-0.15, -0.1) is 11.3 Å². The van der Waals surface area contributed by atoms with Crippen LogP contribution in [0.5, 0.6) is 17.2 Å². The lowest BCUT2D eigenvalue weighted by molar-refractivity contribution is 0.102. The Balaban J connectivity index is 1.85. The summed E-state index contributed by atoms with van der Waals surface area (Å²) in [5.74, 6) is 0.936. The zero-order valence-corrected chi connectivity index (χ0v) is 15.3. The molecule has 0 unspecified atom stereocenters. The van der Waals surface area contributed by atoms with Crippen LogP contribution in [0.3, 0.4) is 0 Å². The van der Waals surface area contributed by atoms with Crippen molar-refractivity contribution in [3.05, 3.63) is 47.5 Å². The number of nitrogens with one attached hydrogen (secondary N) is 1. The van der Waals surface area contributed by atoms with E-state index in [9.17, 15) is 4.79 Å². The fourth-order valence-corrected chi connectivity index (χ4v) is 3.03. The van der Waals surface area contributed by atoms with E-state index >= 15 is 0 Å². The van der Waals surface area contributed by atoms with Gasteiger partial charge >= 0.3 is 0 Å². The highest BCUT2D eigenvalue weighted by molar-refractivity contribution is 7.14. The van der Waals surface area contributed by atoms with Crippen LogP contribution in [0.1, 0.15) is 10.4 Å². The summed E-state index contributed by atoms with van der Waals surface area (Å²) in [5.41, 5.74) is 1.76. The topological polar surface area (TPSA) is 82.6 Å². The number of pyridine rings is 1. The third-order valence-corrected chi connectivity index (χ3v) is 4.36. The molecule has 0 aliphatic heterocycles. The molecule has 0 bridgehead atoms. The van der Waals surface area contributed by atoms with Gasteiger partial charge in [-0.05, 0) is 12.1 Å². The number of aromatic nitrogens is 2. The predicted molar refractivity (Wildman–Crippen MR) is 99.4 cm³/mol. The first-order valence-corrected chi connectivity index (χ1v) is 8.52. The molecular formula is C18H17N3O4S. The van der Waals surface area contributed by atoms with Gasteiger partial charge in [-0.1, -0.05) is 6.07 Å². The van der Waals surface area contributed by atoms with E-state index in [0.717, 1.165) is 5.69 Å². The number of carbonyl (C=O) groups excluding carboxylic acids is 1. The van der Waals surface area contributed by atoms with Gasteiger partial charge in [0.25, 0.3) is 5.91 Å². The lowest BCUT2D eigenvalue weighted by Gasteiger charge is -2.13. The zero-order chi connectivity index (χ0) is 18.5. The maximum Gasteiger partial charge on any atom is 0.261 e. The molecule has 0 atom stereocenters. The van der Waals surface area contributed by atoms with Crippen molar-refractivity contribution in [3.8, 4) is 28.6 Å². The van der Waals surface area contributed by atoms with Gasteiger partial charge in [-0.25, -0.2) is 4.98 Å². The summed E-state index contributed by atoms with van der Waals surface area (Å²) in [6.07, 6.45) is 1.70. The minimum absolute atomic E-state index is 0.319. The molecule has 2 heterocycles. The number of hydrogen-bond donors (Lipinski definition) is 1. The molecule has 0 saturated carbocycles. The average Bonchev–Trinajstić information content (AvgIpc) is 3.15. The van der Waals surface area contributed by atoms with Gasteiger partial charge in [-0.2, -0.15) is 0 Å². The van der Waals surface area contributed by atoms with Gasteiger partial charge in [0.15, 0.2) is 16.6 Å². The lowest BCUT2D eigenvalue weighted by atomic mass is 10.1. The van der Waals surface area contributed by atoms with Gasteiger partial charge in [0.05, 0.1) is 32.6 Å². The minimum atomic E-state index is -0.357. The predicted octanol–water partition coefficient (Wildman–Crippen LogP) is 3.48. The fourth-order valence-electron chi connectivity index (χ4n) is 2.33. The molecule has 3 aromatic rings. The average molecular weight is 371 g/mol. The van der Waals surface area contributed by atoms with Crippen LogP contribution < -0.4 is 19.5 Å². The standard InChI is InChI=1S/C18H17N3O4S/c1-23-14-9-16(25-3)15(24-2)8-11(14)17(22)21-18-20-13(10-26-18)12-6-4-5-7-19-12/h4-10H,1-3H3,(H,20,21,22). The molecule has 0 radical (unpaired) electrons. The van der Waals surface area contributed by atoms with Crippen LogP contribution in [-0.4, -0.2) is 37.2 Å². The van der Waals surface area contributed by atoms with E-state index in [0.29, 0.717) is 33.6 Å². The van der Waals surface area contributed by atoms with Crippen molar-refractivity contribution in [2.45, 2.75) is 0 Å². The van der Waals surface area contributed by atoms with Gasteiger partial charge in [-0.3, -0.25) is 15.1 Å². The molecule has 1 aromatic carbocycles. The SMILES string of the molecule is COc1cc(OC)c(C(=O)Nc2nc(-c3ccccn3)cs2)cc1OC. The summed E-state index contributed by atoms with van der Waals surface area (Å²) in [5, 5.41) is 5.08. The highest BCUT2D eigenvalue weighted by Gasteiger charge is 2.19. The van der Waals surface area contributed by atoms with Crippen molar-refractivity contribution >= 4 is 22.4 Å². The van der Waals surface area contributed by atoms with E-state index in [1.54, 1.807) is 18.3 Å². The second-order valence-corrected chi connectivity index (χ2v) is 5.97. The molecule has 7 nitrogen and oxygen atoms in total. The molecule has 1 amide bonds. The Kier molecular flexibility index (Phi) is 5.33. The summed E-state index contributed by atoms with van der Waals surface area (Å²) in [6, 6.07) is 8.75. The van der Waals surface area contributed by atoms with E-state index in [1.807, 2.05) is 23.6 Å². The fraction of sp³-hybridized carbons (Fsp3) is 0.167. The van der Waals surface area contributed by atoms with Crippen molar-refractivity contribution < 1.29 is 19.0 Å². The van der Waals surface area contributed by atoms with Crippen molar-refractivity contribution in [3.63, 3.8) is 0 Å². The van der Waals surface area contributed by atoms with Gasteiger partial charge in [0.1, 0.15) is 11.4 Å². The molecule has 8 heteroatoms. The first-order valence-electron chi connectivity index (χ1n) is 7.64. The Hall–Kier alpha value is -3.13. The second kappa shape index (κ2) is 7.83. The van der Waals surface area contributed by atoms with E-state index in [2.05, 4.69) is 15.3 Å². The molecule has 0 aliphatic rings. The maximum atomic E-state index is 12.7. The van der Waals surface area contributed by atoms with Crippen LogP contribution in [0.2, 0.25) is 0 Å². The maximum absolute atomic E-state index is 12.7. The molecule has 134 valence electrons. The van der Waals surface area contributed by atoms with E-state index in [4.69, 9.17) is 14.2 Å². The molecule has 1 N–H and O–H groups in total. The molecule has 2 aromatic heterocycles.